The average Bonchev–Trinajstić information content (AvgIpc) is 2.83. The molecular weight excluding hydrogens is 443 g/mol. The number of hydrogen-bond acceptors (Lipinski definition) is 4. The molecule has 0 aliphatic rings. The van der Waals surface area contributed by atoms with E-state index in [0.29, 0.717) is 15.2 Å². The quantitative estimate of drug-likeness (QED) is 0.538. The van der Waals surface area contributed by atoms with Crippen LogP contribution >= 0.6 is 54.8 Å². The van der Waals surface area contributed by atoms with Gasteiger partial charge in [0.1, 0.15) is 5.75 Å². The number of hydrogen-bond donors (Lipinski definition) is 1. The summed E-state index contributed by atoms with van der Waals surface area (Å²) in [5.74, 6) is 0.199. The van der Waals surface area contributed by atoms with Crippen LogP contribution in [0.25, 0.3) is 0 Å². The molecule has 4 nitrogen and oxygen atoms in total. The fraction of sp³-hybridized carbons (Fsp3) is 0.0769. The van der Waals surface area contributed by atoms with Crippen molar-refractivity contribution in [3.8, 4) is 5.75 Å². The van der Waals surface area contributed by atoms with E-state index in [4.69, 9.17) is 16.3 Å². The van der Waals surface area contributed by atoms with Crippen molar-refractivity contribution < 1.29 is 9.53 Å². The van der Waals surface area contributed by atoms with Crippen LogP contribution in [0.1, 0.15) is 4.88 Å². The molecule has 0 fully saturated rings. The van der Waals surface area contributed by atoms with Crippen LogP contribution in [0.4, 0.5) is 0 Å². The molecule has 0 bridgehead atoms. The Morgan fingerprint density at radius 1 is 1.43 bits per heavy atom. The number of halogens is 3. The lowest BCUT2D eigenvalue weighted by Gasteiger charge is -2.07. The molecule has 0 radical (unpaired) electrons. The highest BCUT2D eigenvalue weighted by Gasteiger charge is 2.05. The van der Waals surface area contributed by atoms with Gasteiger partial charge in [-0.3, -0.25) is 4.79 Å². The van der Waals surface area contributed by atoms with Gasteiger partial charge in [-0.05, 0) is 56.1 Å². The van der Waals surface area contributed by atoms with Gasteiger partial charge in [-0.2, -0.15) is 5.10 Å². The van der Waals surface area contributed by atoms with Gasteiger partial charge in [-0.1, -0.05) is 11.6 Å². The van der Waals surface area contributed by atoms with E-state index in [1.807, 2.05) is 11.4 Å². The van der Waals surface area contributed by atoms with E-state index in [9.17, 15) is 4.79 Å². The molecule has 0 aliphatic carbocycles. The first-order valence-electron chi connectivity index (χ1n) is 5.68. The van der Waals surface area contributed by atoms with E-state index in [-0.39, 0.29) is 12.5 Å². The van der Waals surface area contributed by atoms with E-state index in [1.54, 1.807) is 24.4 Å². The molecular formula is C13H9Br2ClN2O2S. The maximum absolute atomic E-state index is 11.6. The highest BCUT2D eigenvalue weighted by molar-refractivity contribution is 9.10. The molecule has 2 aromatic rings. The first-order valence-corrected chi connectivity index (χ1v) is 8.53. The van der Waals surface area contributed by atoms with Crippen molar-refractivity contribution in [2.75, 3.05) is 6.61 Å². The van der Waals surface area contributed by atoms with Crippen molar-refractivity contribution in [1.82, 2.24) is 5.43 Å². The molecule has 0 unspecified atom stereocenters. The van der Waals surface area contributed by atoms with Crippen molar-refractivity contribution in [2.24, 2.45) is 5.10 Å². The molecule has 0 aliphatic heterocycles. The zero-order chi connectivity index (χ0) is 15.2. The topological polar surface area (TPSA) is 50.7 Å². The lowest BCUT2D eigenvalue weighted by molar-refractivity contribution is -0.123. The van der Waals surface area contributed by atoms with Crippen molar-refractivity contribution in [1.29, 1.82) is 0 Å². The normalized spacial score (nSPS) is 10.8. The summed E-state index contributed by atoms with van der Waals surface area (Å²) in [7, 11) is 0. The summed E-state index contributed by atoms with van der Waals surface area (Å²) in [4.78, 5) is 12.5. The molecule has 8 heteroatoms. The third-order valence-corrected chi connectivity index (χ3v) is 4.70. The number of nitrogens with one attached hydrogen (secondary N) is 1. The van der Waals surface area contributed by atoms with E-state index in [0.717, 1.165) is 9.35 Å². The second-order valence-corrected chi connectivity index (χ2v) is 6.97. The predicted octanol–water partition coefficient (Wildman–Crippen LogP) is 4.46. The van der Waals surface area contributed by atoms with Gasteiger partial charge in [-0.15, -0.1) is 11.3 Å². The van der Waals surface area contributed by atoms with Crippen LogP contribution in [0, 0.1) is 0 Å². The first kappa shape index (κ1) is 16.5. The number of amides is 1. The number of hydrazone groups is 1. The SMILES string of the molecule is O=C(COc1ccc(Cl)cc1Br)N/N=C/c1cc(Br)cs1. The zero-order valence-electron chi connectivity index (χ0n) is 10.5. The summed E-state index contributed by atoms with van der Waals surface area (Å²) in [5.41, 5.74) is 2.40. The fourth-order valence-electron chi connectivity index (χ4n) is 1.33. The minimum atomic E-state index is -0.344. The van der Waals surface area contributed by atoms with Gasteiger partial charge in [-0.25, -0.2) is 5.43 Å². The van der Waals surface area contributed by atoms with E-state index >= 15 is 0 Å². The van der Waals surface area contributed by atoms with Crippen molar-refractivity contribution in [2.45, 2.75) is 0 Å². The maximum Gasteiger partial charge on any atom is 0.277 e. The Morgan fingerprint density at radius 3 is 2.90 bits per heavy atom. The Labute approximate surface area is 147 Å². The molecule has 1 N–H and O–H groups in total. The first-order chi connectivity index (χ1) is 10.0. The van der Waals surface area contributed by atoms with Gasteiger partial charge in [0, 0.05) is 19.8 Å². The lowest BCUT2D eigenvalue weighted by Crippen LogP contribution is -2.24. The Kier molecular flexibility index (Phi) is 6.22. The van der Waals surface area contributed by atoms with Crippen LogP contribution in [-0.2, 0) is 4.79 Å². The number of thiophene rings is 1. The molecule has 0 atom stereocenters. The Balaban J connectivity index is 1.81. The van der Waals surface area contributed by atoms with E-state index in [2.05, 4.69) is 42.4 Å². The number of carbonyl (C=O) groups excluding carboxylic acids is 1. The maximum atomic E-state index is 11.6. The second-order valence-electron chi connectivity index (χ2n) is 3.82. The fourth-order valence-corrected chi connectivity index (χ4v) is 3.43. The third-order valence-electron chi connectivity index (χ3n) is 2.22. The highest BCUT2D eigenvalue weighted by Crippen LogP contribution is 2.27. The number of carbonyl (C=O) groups is 1. The number of nitrogens with zero attached hydrogens (tertiary/aromatic N) is 1. The summed E-state index contributed by atoms with van der Waals surface area (Å²) in [6.07, 6.45) is 1.57. The van der Waals surface area contributed by atoms with Crippen molar-refractivity contribution in [3.05, 3.63) is 48.5 Å². The Morgan fingerprint density at radius 2 is 2.24 bits per heavy atom. The molecule has 21 heavy (non-hydrogen) atoms. The predicted molar refractivity (Wildman–Crippen MR) is 92.4 cm³/mol. The smallest absolute Gasteiger partial charge is 0.277 e. The van der Waals surface area contributed by atoms with Crippen LogP contribution in [0.2, 0.25) is 5.02 Å². The van der Waals surface area contributed by atoms with Crippen molar-refractivity contribution in [3.63, 3.8) is 0 Å². The molecule has 1 aromatic heterocycles. The molecule has 1 heterocycles. The number of rotatable bonds is 5. The monoisotopic (exact) mass is 450 g/mol. The Hall–Kier alpha value is -0.890. The number of benzene rings is 1. The van der Waals surface area contributed by atoms with Crippen LogP contribution in [0.15, 0.2) is 43.7 Å². The summed E-state index contributed by atoms with van der Waals surface area (Å²) in [5, 5.41) is 6.38. The van der Waals surface area contributed by atoms with E-state index < -0.39 is 0 Å². The minimum Gasteiger partial charge on any atom is -0.483 e. The van der Waals surface area contributed by atoms with Gasteiger partial charge in [0.05, 0.1) is 10.7 Å². The van der Waals surface area contributed by atoms with Crippen LogP contribution < -0.4 is 10.2 Å². The van der Waals surface area contributed by atoms with Gasteiger partial charge in [0.15, 0.2) is 6.61 Å². The molecule has 0 spiro atoms. The highest BCUT2D eigenvalue weighted by atomic mass is 79.9. The molecule has 0 saturated heterocycles. The largest absolute Gasteiger partial charge is 0.483 e. The van der Waals surface area contributed by atoms with Crippen LogP contribution in [-0.4, -0.2) is 18.7 Å². The molecule has 0 saturated carbocycles. The molecule has 110 valence electrons. The standard InChI is InChI=1S/C13H9Br2ClN2O2S/c14-8-3-10(21-7-8)5-17-18-13(19)6-20-12-2-1-9(16)4-11(12)15/h1-5,7H,6H2,(H,18,19)/b17-5+. The zero-order valence-corrected chi connectivity index (χ0v) is 15.2. The van der Waals surface area contributed by atoms with Gasteiger partial charge in [0.25, 0.3) is 5.91 Å². The minimum absolute atomic E-state index is 0.133. The summed E-state index contributed by atoms with van der Waals surface area (Å²) < 4.78 is 7.04. The summed E-state index contributed by atoms with van der Waals surface area (Å²) in [6, 6.07) is 6.97. The molecule has 1 aromatic carbocycles. The number of ether oxygens (including phenoxy) is 1. The van der Waals surface area contributed by atoms with Gasteiger partial charge < -0.3 is 4.74 Å². The van der Waals surface area contributed by atoms with Crippen molar-refractivity contribution >= 4 is 66.9 Å². The second kappa shape index (κ2) is 7.93. The summed E-state index contributed by atoms with van der Waals surface area (Å²) in [6.45, 7) is -0.133. The van der Waals surface area contributed by atoms with Gasteiger partial charge in [0.2, 0.25) is 0 Å². The lowest BCUT2D eigenvalue weighted by atomic mass is 10.3. The Bertz CT molecular complexity index is 676. The van der Waals surface area contributed by atoms with Crippen LogP contribution in [0.5, 0.6) is 5.75 Å². The van der Waals surface area contributed by atoms with E-state index in [1.165, 1.54) is 11.3 Å². The third kappa shape index (κ3) is 5.43. The molecule has 2 rings (SSSR count). The molecule has 1 amide bonds. The van der Waals surface area contributed by atoms with Gasteiger partial charge >= 0.3 is 0 Å². The van der Waals surface area contributed by atoms with Crippen LogP contribution in [0.3, 0.4) is 0 Å². The summed E-state index contributed by atoms with van der Waals surface area (Å²) >= 11 is 14.0. The average molecular weight is 453 g/mol.